The zero-order chi connectivity index (χ0) is 23.5. The van der Waals surface area contributed by atoms with Gasteiger partial charge in [-0.05, 0) is 62.4 Å². The van der Waals surface area contributed by atoms with E-state index >= 15 is 0 Å². The normalized spacial score (nSPS) is 27.0. The third kappa shape index (κ3) is 4.68. The van der Waals surface area contributed by atoms with Gasteiger partial charge in [-0.1, -0.05) is 39.8 Å². The highest BCUT2D eigenvalue weighted by Gasteiger charge is 2.52. The van der Waals surface area contributed by atoms with Gasteiger partial charge in [-0.15, -0.1) is 0 Å². The fourth-order valence-electron chi connectivity index (χ4n) is 5.49. The lowest BCUT2D eigenvalue weighted by Gasteiger charge is -2.37. The number of ketones is 1. The van der Waals surface area contributed by atoms with E-state index in [1.54, 1.807) is 0 Å². The van der Waals surface area contributed by atoms with E-state index in [1.807, 2.05) is 29.2 Å². The Morgan fingerprint density at radius 3 is 2.67 bits per heavy atom. The fraction of sp³-hybridized carbons (Fsp3) is 0.630. The molecular weight excluding hydrogens is 416 g/mol. The second-order valence-corrected chi connectivity index (χ2v) is 9.64. The molecule has 1 amide bonds. The summed E-state index contributed by atoms with van der Waals surface area (Å²) in [7, 11) is 0. The summed E-state index contributed by atoms with van der Waals surface area (Å²) in [6.07, 6.45) is 3.47. The zero-order valence-corrected chi connectivity index (χ0v) is 20.5. The van der Waals surface area contributed by atoms with Gasteiger partial charge in [0.15, 0.2) is 11.5 Å². The number of amides is 1. The summed E-state index contributed by atoms with van der Waals surface area (Å²) in [6, 6.07) is 7.45. The number of likely N-dealkylation sites (N-methyl/N-ethyl adjacent to an activating group) is 1. The SMILES string of the molecule is CCCOc1cccc(C2C3=C(OC4CCC(C)CC4C3=O)C(=O)N2CCN(CC)CC)c1. The zero-order valence-electron chi connectivity index (χ0n) is 20.5. The van der Waals surface area contributed by atoms with Gasteiger partial charge in [0.2, 0.25) is 0 Å². The van der Waals surface area contributed by atoms with Crippen molar-refractivity contribution in [2.75, 3.05) is 32.8 Å². The van der Waals surface area contributed by atoms with Crippen LogP contribution < -0.4 is 4.74 Å². The molecule has 0 N–H and O–H groups in total. The first-order valence-electron chi connectivity index (χ1n) is 12.7. The molecule has 4 atom stereocenters. The van der Waals surface area contributed by atoms with Crippen LogP contribution in [0.4, 0.5) is 0 Å². The van der Waals surface area contributed by atoms with Crippen molar-refractivity contribution < 1.29 is 19.1 Å². The number of carbonyl (C=O) groups is 2. The van der Waals surface area contributed by atoms with Gasteiger partial charge < -0.3 is 19.3 Å². The monoisotopic (exact) mass is 454 g/mol. The highest BCUT2D eigenvalue weighted by molar-refractivity contribution is 6.11. The maximum absolute atomic E-state index is 13.8. The summed E-state index contributed by atoms with van der Waals surface area (Å²) in [6.45, 7) is 12.3. The molecule has 6 nitrogen and oxygen atoms in total. The Kier molecular flexibility index (Phi) is 7.42. The van der Waals surface area contributed by atoms with Crippen molar-refractivity contribution in [1.29, 1.82) is 0 Å². The molecule has 33 heavy (non-hydrogen) atoms. The van der Waals surface area contributed by atoms with Crippen LogP contribution in [-0.2, 0) is 14.3 Å². The van der Waals surface area contributed by atoms with Crippen LogP contribution in [-0.4, -0.2) is 60.4 Å². The van der Waals surface area contributed by atoms with Gasteiger partial charge in [0.25, 0.3) is 5.91 Å². The molecule has 0 radical (unpaired) electrons. The van der Waals surface area contributed by atoms with Crippen molar-refractivity contribution >= 4 is 11.7 Å². The molecule has 2 aliphatic heterocycles. The molecule has 1 aliphatic carbocycles. The van der Waals surface area contributed by atoms with Gasteiger partial charge in [-0.2, -0.15) is 0 Å². The third-order valence-corrected chi connectivity index (χ3v) is 7.40. The number of hydrogen-bond acceptors (Lipinski definition) is 5. The summed E-state index contributed by atoms with van der Waals surface area (Å²) in [5, 5.41) is 0. The highest BCUT2D eigenvalue weighted by atomic mass is 16.5. The minimum atomic E-state index is -0.418. The first kappa shape index (κ1) is 23.8. The number of ether oxygens (including phenoxy) is 2. The lowest BCUT2D eigenvalue weighted by Crippen LogP contribution is -2.41. The van der Waals surface area contributed by atoms with E-state index in [2.05, 4.69) is 32.6 Å². The molecule has 1 aromatic carbocycles. The van der Waals surface area contributed by atoms with Gasteiger partial charge in [0.05, 0.1) is 24.1 Å². The number of nitrogens with zero attached hydrogens (tertiary/aromatic N) is 2. The van der Waals surface area contributed by atoms with Gasteiger partial charge >= 0.3 is 0 Å². The average molecular weight is 455 g/mol. The van der Waals surface area contributed by atoms with E-state index in [0.717, 1.165) is 56.6 Å². The Balaban J connectivity index is 1.70. The lowest BCUT2D eigenvalue weighted by atomic mass is 9.74. The van der Waals surface area contributed by atoms with E-state index in [-0.39, 0.29) is 23.7 Å². The molecular formula is C27H38N2O4. The van der Waals surface area contributed by atoms with Gasteiger partial charge in [0, 0.05) is 13.1 Å². The van der Waals surface area contributed by atoms with Crippen molar-refractivity contribution in [3.63, 3.8) is 0 Å². The Labute approximate surface area is 197 Å². The molecule has 4 unspecified atom stereocenters. The van der Waals surface area contributed by atoms with Crippen molar-refractivity contribution in [1.82, 2.24) is 9.80 Å². The number of carbonyl (C=O) groups excluding carboxylic acids is 2. The molecule has 6 heteroatoms. The molecule has 180 valence electrons. The molecule has 1 aromatic rings. The topological polar surface area (TPSA) is 59.1 Å². The third-order valence-electron chi connectivity index (χ3n) is 7.40. The molecule has 0 spiro atoms. The van der Waals surface area contributed by atoms with Crippen LogP contribution in [0.5, 0.6) is 5.75 Å². The summed E-state index contributed by atoms with van der Waals surface area (Å²) in [5.41, 5.74) is 1.48. The molecule has 0 bridgehead atoms. The van der Waals surface area contributed by atoms with E-state index in [4.69, 9.17) is 9.47 Å². The smallest absolute Gasteiger partial charge is 0.290 e. The predicted molar refractivity (Wildman–Crippen MR) is 128 cm³/mol. The number of benzene rings is 1. The molecule has 0 aromatic heterocycles. The van der Waals surface area contributed by atoms with Gasteiger partial charge in [-0.3, -0.25) is 9.59 Å². The van der Waals surface area contributed by atoms with Crippen molar-refractivity contribution in [3.05, 3.63) is 41.2 Å². The molecule has 3 aliphatic rings. The summed E-state index contributed by atoms with van der Waals surface area (Å²) < 4.78 is 12.2. The van der Waals surface area contributed by atoms with Crippen LogP contribution in [0.1, 0.15) is 65.0 Å². The Bertz CT molecular complexity index is 907. The fourth-order valence-corrected chi connectivity index (χ4v) is 5.49. The molecule has 2 heterocycles. The number of hydrogen-bond donors (Lipinski definition) is 0. The van der Waals surface area contributed by atoms with Crippen LogP contribution in [0, 0.1) is 11.8 Å². The standard InChI is InChI=1S/C27H38N2O4/c1-5-15-32-20-10-8-9-19(17-20)24-23-25(30)21-16-18(4)11-12-22(21)33-26(23)27(31)29(24)14-13-28(6-2)7-3/h8-10,17-18,21-22,24H,5-7,11-16H2,1-4H3. The van der Waals surface area contributed by atoms with Crippen LogP contribution in [0.3, 0.4) is 0 Å². The summed E-state index contributed by atoms with van der Waals surface area (Å²) >= 11 is 0. The van der Waals surface area contributed by atoms with E-state index in [9.17, 15) is 9.59 Å². The quantitative estimate of drug-likeness (QED) is 0.555. The molecule has 4 rings (SSSR count). The van der Waals surface area contributed by atoms with E-state index in [0.29, 0.717) is 30.4 Å². The number of Topliss-reactive ketones (excluding diaryl/α,β-unsaturated/α-hetero) is 1. The second-order valence-electron chi connectivity index (χ2n) is 9.64. The highest BCUT2D eigenvalue weighted by Crippen LogP contribution is 2.47. The summed E-state index contributed by atoms with van der Waals surface area (Å²) in [5.74, 6) is 1.38. The first-order chi connectivity index (χ1) is 16.0. The lowest BCUT2D eigenvalue weighted by molar-refractivity contribution is -0.136. The van der Waals surface area contributed by atoms with Gasteiger partial charge in [-0.25, -0.2) is 0 Å². The Hall–Kier alpha value is -2.34. The summed E-state index contributed by atoms with van der Waals surface area (Å²) in [4.78, 5) is 31.6. The molecule has 1 fully saturated rings. The average Bonchev–Trinajstić information content (AvgIpc) is 3.11. The number of rotatable bonds is 9. The predicted octanol–water partition coefficient (Wildman–Crippen LogP) is 4.36. The Morgan fingerprint density at radius 2 is 1.94 bits per heavy atom. The van der Waals surface area contributed by atoms with Crippen LogP contribution in [0.15, 0.2) is 35.6 Å². The maximum Gasteiger partial charge on any atom is 0.290 e. The van der Waals surface area contributed by atoms with Crippen molar-refractivity contribution in [2.24, 2.45) is 11.8 Å². The van der Waals surface area contributed by atoms with Crippen molar-refractivity contribution in [3.8, 4) is 5.75 Å². The van der Waals surface area contributed by atoms with E-state index < -0.39 is 6.04 Å². The molecule has 0 saturated heterocycles. The van der Waals surface area contributed by atoms with Crippen LogP contribution >= 0.6 is 0 Å². The molecule has 1 saturated carbocycles. The second kappa shape index (κ2) is 10.3. The first-order valence-corrected chi connectivity index (χ1v) is 12.7. The van der Waals surface area contributed by atoms with E-state index in [1.165, 1.54) is 0 Å². The minimum absolute atomic E-state index is 0.108. The largest absolute Gasteiger partial charge is 0.494 e. The van der Waals surface area contributed by atoms with Gasteiger partial charge in [0.1, 0.15) is 11.9 Å². The van der Waals surface area contributed by atoms with Crippen LogP contribution in [0.2, 0.25) is 0 Å². The maximum atomic E-state index is 13.8. The van der Waals surface area contributed by atoms with Crippen LogP contribution in [0.25, 0.3) is 0 Å². The Morgan fingerprint density at radius 1 is 1.15 bits per heavy atom. The minimum Gasteiger partial charge on any atom is -0.494 e. The number of fused-ring (bicyclic) bond motifs is 1. The van der Waals surface area contributed by atoms with Crippen molar-refractivity contribution in [2.45, 2.75) is 65.5 Å².